The molecule has 2 unspecified atom stereocenters. The molecule has 1 aromatic heterocycles. The minimum absolute atomic E-state index is 0.114. The summed E-state index contributed by atoms with van der Waals surface area (Å²) in [4.78, 5) is 37.9. The highest BCUT2D eigenvalue weighted by atomic mass is 31.1. The van der Waals surface area contributed by atoms with E-state index in [-0.39, 0.29) is 11.6 Å². The van der Waals surface area contributed by atoms with E-state index in [1.54, 1.807) is 6.92 Å². The lowest BCUT2D eigenvalue weighted by Gasteiger charge is -2.40. The van der Waals surface area contributed by atoms with Crippen molar-refractivity contribution >= 4 is 16.6 Å². The summed E-state index contributed by atoms with van der Waals surface area (Å²) in [6.45, 7) is 11.7. The van der Waals surface area contributed by atoms with Gasteiger partial charge in [0.1, 0.15) is 17.8 Å². The summed E-state index contributed by atoms with van der Waals surface area (Å²) in [5.41, 5.74) is 0.544. The van der Waals surface area contributed by atoms with Gasteiger partial charge < -0.3 is 13.9 Å². The van der Waals surface area contributed by atoms with Gasteiger partial charge in [-0.1, -0.05) is 112 Å². The second-order valence-electron chi connectivity index (χ2n) is 13.3. The van der Waals surface area contributed by atoms with Crippen LogP contribution in [-0.4, -0.2) is 47.7 Å². The number of aryl methyl sites for hydroxylation is 1. The maximum absolute atomic E-state index is 13.2. The van der Waals surface area contributed by atoms with Crippen LogP contribution in [0.25, 0.3) is 0 Å². The van der Waals surface area contributed by atoms with E-state index >= 15 is 0 Å². The molecule has 248 valence electrons. The lowest BCUT2D eigenvalue weighted by Crippen LogP contribution is -2.50. The van der Waals surface area contributed by atoms with Crippen molar-refractivity contribution in [2.75, 3.05) is 6.61 Å². The topological polar surface area (TPSA) is 129 Å². The van der Waals surface area contributed by atoms with Gasteiger partial charge in [-0.05, 0) is 41.7 Å². The Morgan fingerprint density at radius 3 is 1.81 bits per heavy atom. The predicted molar refractivity (Wildman–Crippen MR) is 182 cm³/mol. The Bertz CT molecular complexity index is 1700. The third-order valence-electron chi connectivity index (χ3n) is 9.16. The zero-order valence-corrected chi connectivity index (χ0v) is 29.3. The first-order valence-corrected chi connectivity index (χ1v) is 19.6. The molecule has 2 heterocycles. The molecule has 47 heavy (non-hydrogen) atoms. The largest absolute Gasteiger partial charge is 0.695 e. The van der Waals surface area contributed by atoms with Crippen LogP contribution in [0.15, 0.2) is 107 Å². The van der Waals surface area contributed by atoms with E-state index in [4.69, 9.17) is 18.4 Å². The number of hydrogen-bond acceptors (Lipinski definition) is 7. The molecule has 10 nitrogen and oxygen atoms in total. The van der Waals surface area contributed by atoms with E-state index in [1.807, 2.05) is 104 Å². The van der Waals surface area contributed by atoms with Crippen molar-refractivity contribution in [3.63, 3.8) is 0 Å². The van der Waals surface area contributed by atoms with Crippen molar-refractivity contribution in [3.8, 4) is 0 Å². The van der Waals surface area contributed by atoms with Crippen LogP contribution in [0.2, 0.25) is 18.1 Å². The van der Waals surface area contributed by atoms with Crippen LogP contribution in [0.3, 0.4) is 0 Å². The second kappa shape index (κ2) is 13.9. The Balaban J connectivity index is 1.64. The lowest BCUT2D eigenvalue weighted by molar-refractivity contribution is -0.0938. The molecule has 4 aromatic rings. The van der Waals surface area contributed by atoms with Crippen molar-refractivity contribution in [1.82, 2.24) is 9.55 Å². The molecule has 0 aliphatic carbocycles. The third kappa shape index (κ3) is 7.17. The van der Waals surface area contributed by atoms with Crippen molar-refractivity contribution in [2.24, 2.45) is 0 Å². The quantitative estimate of drug-likeness (QED) is 0.110. The molecule has 12 heteroatoms. The molecule has 0 amide bonds. The molecular weight excluding hydrogens is 635 g/mol. The standard InChI is InChI=1S/C35H41N2O8PSi/c1-24-22-37(33(39)36-31(24)38)32-30(45-47(5,6)34(2,3)4)29(44-46(40)41)28(43-32)23-42-35(25-16-10-7-11-17-25,26-18-12-8-13-19-26)27-20-14-9-15-21-27/h7-22,28-30,32H,23H2,1-6H3,(H-,36,38,39,40,41)/p+1/t28-,29-,30?,32-/m1/s1. The SMILES string of the molecule is Cc1cn([C@@H]2O[C@H](COC(c3ccccc3)(c3ccccc3)c3ccccc3)[C@@H](O[P+](=O)O)C2O[Si](C)(C)C(C)(C)C)c(=O)[nH]c1=O. The van der Waals surface area contributed by atoms with E-state index in [9.17, 15) is 19.0 Å². The summed E-state index contributed by atoms with van der Waals surface area (Å²) in [6, 6.07) is 29.4. The molecule has 0 saturated carbocycles. The number of benzene rings is 3. The first-order valence-electron chi connectivity index (χ1n) is 15.5. The Morgan fingerprint density at radius 2 is 1.36 bits per heavy atom. The number of ether oxygens (including phenoxy) is 2. The molecule has 2 N–H and O–H groups in total. The molecule has 1 saturated heterocycles. The first kappa shape index (κ1) is 34.8. The van der Waals surface area contributed by atoms with E-state index in [0.717, 1.165) is 16.7 Å². The summed E-state index contributed by atoms with van der Waals surface area (Å²) < 4.78 is 39.7. The van der Waals surface area contributed by atoms with E-state index in [1.165, 1.54) is 10.8 Å². The molecule has 1 fully saturated rings. The molecule has 3 aromatic carbocycles. The molecule has 0 spiro atoms. The van der Waals surface area contributed by atoms with Crippen LogP contribution in [0.4, 0.5) is 0 Å². The van der Waals surface area contributed by atoms with E-state index in [2.05, 4.69) is 25.8 Å². The molecule has 1 aliphatic rings. The molecule has 1 aliphatic heterocycles. The fourth-order valence-corrected chi connectivity index (χ4v) is 7.44. The number of nitrogens with one attached hydrogen (secondary N) is 1. The van der Waals surface area contributed by atoms with Crippen molar-refractivity contribution in [3.05, 3.63) is 140 Å². The van der Waals surface area contributed by atoms with Gasteiger partial charge >= 0.3 is 13.9 Å². The normalized spacial score (nSPS) is 20.7. The van der Waals surface area contributed by atoms with E-state index < -0.39 is 58.0 Å². The average Bonchev–Trinajstić information content (AvgIpc) is 3.35. The maximum Gasteiger partial charge on any atom is 0.695 e. The first-order chi connectivity index (χ1) is 22.2. The van der Waals surface area contributed by atoms with Gasteiger partial charge in [-0.15, -0.1) is 9.42 Å². The second-order valence-corrected chi connectivity index (χ2v) is 18.7. The van der Waals surface area contributed by atoms with Gasteiger partial charge in [-0.25, -0.2) is 4.79 Å². The fraction of sp³-hybridized carbons (Fsp3) is 0.371. The van der Waals surface area contributed by atoms with Gasteiger partial charge in [0.25, 0.3) is 5.56 Å². The highest BCUT2D eigenvalue weighted by Crippen LogP contribution is 2.46. The number of rotatable bonds is 11. The predicted octanol–water partition coefficient (Wildman–Crippen LogP) is 6.18. The minimum atomic E-state index is -3.11. The average molecular weight is 678 g/mol. The maximum atomic E-state index is 13.2. The molecule has 0 radical (unpaired) electrons. The van der Waals surface area contributed by atoms with Gasteiger partial charge in [0.05, 0.1) is 6.61 Å². The summed E-state index contributed by atoms with van der Waals surface area (Å²) >= 11 is 0. The number of hydrogen-bond donors (Lipinski definition) is 2. The Kier molecular flexibility index (Phi) is 10.3. The third-order valence-corrected chi connectivity index (χ3v) is 14.1. The summed E-state index contributed by atoms with van der Waals surface area (Å²) in [5, 5.41) is -0.257. The monoisotopic (exact) mass is 677 g/mol. The number of aromatic amines is 1. The number of aromatic nitrogens is 2. The molecule has 5 rings (SSSR count). The van der Waals surface area contributed by atoms with Crippen LogP contribution in [0.1, 0.15) is 49.3 Å². The molecule has 5 atom stereocenters. The summed E-state index contributed by atoms with van der Waals surface area (Å²) in [5.74, 6) is 0. The Labute approximate surface area is 276 Å². The highest BCUT2D eigenvalue weighted by Gasteiger charge is 2.55. The van der Waals surface area contributed by atoms with Crippen molar-refractivity contribution < 1.29 is 27.9 Å². The van der Waals surface area contributed by atoms with Gasteiger partial charge in [-0.2, -0.15) is 0 Å². The Hall–Kier alpha value is -3.54. The Morgan fingerprint density at radius 1 is 0.872 bits per heavy atom. The van der Waals surface area contributed by atoms with Gasteiger partial charge in [0.2, 0.25) is 0 Å². The van der Waals surface area contributed by atoms with Gasteiger partial charge in [0, 0.05) is 16.3 Å². The number of H-pyrrole nitrogens is 1. The zero-order valence-electron chi connectivity index (χ0n) is 27.5. The fourth-order valence-electron chi connectivity index (χ4n) is 5.69. The summed E-state index contributed by atoms with van der Waals surface area (Å²) in [6.07, 6.45) is -2.74. The highest BCUT2D eigenvalue weighted by molar-refractivity contribution is 7.32. The van der Waals surface area contributed by atoms with Crippen LogP contribution >= 0.6 is 8.25 Å². The minimum Gasteiger partial charge on any atom is -0.406 e. The van der Waals surface area contributed by atoms with Gasteiger partial charge in [0.15, 0.2) is 20.6 Å². The smallest absolute Gasteiger partial charge is 0.406 e. The molecular formula is C35H42N2O8PSi+. The van der Waals surface area contributed by atoms with Crippen LogP contribution in [0, 0.1) is 6.92 Å². The van der Waals surface area contributed by atoms with E-state index in [0.29, 0.717) is 5.56 Å². The zero-order chi connectivity index (χ0) is 34.0. The van der Waals surface area contributed by atoms with Crippen LogP contribution in [0.5, 0.6) is 0 Å². The van der Waals surface area contributed by atoms with Crippen molar-refractivity contribution in [2.45, 2.75) is 76.0 Å². The number of nitrogens with zero attached hydrogens (tertiary/aromatic N) is 1. The summed E-state index contributed by atoms with van der Waals surface area (Å²) in [7, 11) is -5.70. The molecule has 0 bridgehead atoms. The lowest BCUT2D eigenvalue weighted by atomic mass is 9.80. The van der Waals surface area contributed by atoms with Crippen molar-refractivity contribution in [1.29, 1.82) is 0 Å². The van der Waals surface area contributed by atoms with Crippen LogP contribution in [-0.2, 0) is 28.6 Å². The van der Waals surface area contributed by atoms with Gasteiger partial charge in [-0.3, -0.25) is 14.3 Å². The van der Waals surface area contributed by atoms with Crippen LogP contribution < -0.4 is 11.2 Å².